The van der Waals surface area contributed by atoms with Crippen LogP contribution >= 0.6 is 0 Å². The first-order valence-electron chi connectivity index (χ1n) is 7.00. The van der Waals surface area contributed by atoms with Gasteiger partial charge in [-0.05, 0) is 44.1 Å². The minimum absolute atomic E-state index is 0.106. The first-order chi connectivity index (χ1) is 8.08. The predicted octanol–water partition coefficient (Wildman–Crippen LogP) is 1.98. The molecule has 1 atom stereocenters. The Hall–Kier alpha value is -0.0900. The lowest BCUT2D eigenvalue weighted by Gasteiger charge is -2.26. The number of sulfone groups is 1. The van der Waals surface area contributed by atoms with E-state index in [1.165, 1.54) is 25.7 Å². The maximum atomic E-state index is 11.6. The zero-order chi connectivity index (χ0) is 12.3. The molecule has 0 bridgehead atoms. The fourth-order valence-corrected chi connectivity index (χ4v) is 4.87. The summed E-state index contributed by atoms with van der Waals surface area (Å²) in [6.07, 6.45) is 7.02. The van der Waals surface area contributed by atoms with E-state index in [0.717, 1.165) is 31.2 Å². The molecule has 1 aliphatic carbocycles. The van der Waals surface area contributed by atoms with Crippen LogP contribution < -0.4 is 5.32 Å². The van der Waals surface area contributed by atoms with E-state index in [1.807, 2.05) is 0 Å². The molecule has 0 aromatic heterocycles. The Bertz CT molecular complexity index is 331. The van der Waals surface area contributed by atoms with Gasteiger partial charge in [0, 0.05) is 6.54 Å². The van der Waals surface area contributed by atoms with Crippen molar-refractivity contribution < 1.29 is 8.42 Å². The summed E-state index contributed by atoms with van der Waals surface area (Å²) in [5.74, 6) is 2.07. The van der Waals surface area contributed by atoms with Crippen molar-refractivity contribution in [2.45, 2.75) is 50.7 Å². The molecular weight excluding hydrogens is 234 g/mol. The smallest absolute Gasteiger partial charge is 0.154 e. The normalized spacial score (nSPS) is 37.1. The third-order valence-electron chi connectivity index (χ3n) is 4.40. The van der Waals surface area contributed by atoms with Crippen LogP contribution in [-0.4, -0.2) is 32.5 Å². The van der Waals surface area contributed by atoms with Gasteiger partial charge in [0.2, 0.25) is 0 Å². The lowest BCUT2D eigenvalue weighted by molar-refractivity contribution is 0.282. The molecule has 17 heavy (non-hydrogen) atoms. The Kier molecular flexibility index (Phi) is 4.47. The minimum Gasteiger partial charge on any atom is -0.315 e. The van der Waals surface area contributed by atoms with Gasteiger partial charge in [-0.25, -0.2) is 8.42 Å². The first-order valence-corrected chi connectivity index (χ1v) is 8.72. The van der Waals surface area contributed by atoms with Crippen molar-refractivity contribution in [1.29, 1.82) is 0 Å². The van der Waals surface area contributed by atoms with Gasteiger partial charge in [-0.2, -0.15) is 0 Å². The van der Waals surface area contributed by atoms with Crippen LogP contribution in [0.4, 0.5) is 0 Å². The molecule has 1 N–H and O–H groups in total. The van der Waals surface area contributed by atoms with Gasteiger partial charge in [0.15, 0.2) is 9.84 Å². The fourth-order valence-electron chi connectivity index (χ4n) is 3.07. The van der Waals surface area contributed by atoms with Crippen LogP contribution in [0.3, 0.4) is 0 Å². The fraction of sp³-hybridized carbons (Fsp3) is 1.00. The molecule has 1 heterocycles. The van der Waals surface area contributed by atoms with Gasteiger partial charge in [0.25, 0.3) is 0 Å². The molecule has 0 spiro atoms. The van der Waals surface area contributed by atoms with E-state index in [2.05, 4.69) is 12.2 Å². The monoisotopic (exact) mass is 259 g/mol. The average Bonchev–Trinajstić information content (AvgIpc) is 2.61. The number of hydrogen-bond acceptors (Lipinski definition) is 3. The Labute approximate surface area is 105 Å². The van der Waals surface area contributed by atoms with Gasteiger partial charge in [-0.15, -0.1) is 0 Å². The van der Waals surface area contributed by atoms with Gasteiger partial charge >= 0.3 is 0 Å². The highest BCUT2D eigenvalue weighted by atomic mass is 32.2. The molecule has 2 aliphatic rings. The summed E-state index contributed by atoms with van der Waals surface area (Å²) in [6.45, 7) is 4.02. The lowest BCUT2D eigenvalue weighted by atomic mass is 9.83. The Morgan fingerprint density at radius 1 is 1.06 bits per heavy atom. The molecular formula is C13H25NO2S. The molecule has 1 saturated carbocycles. The number of rotatable bonds is 4. The molecule has 1 aliphatic heterocycles. The van der Waals surface area contributed by atoms with Crippen LogP contribution in [0.2, 0.25) is 0 Å². The van der Waals surface area contributed by atoms with Gasteiger partial charge < -0.3 is 5.32 Å². The molecule has 0 amide bonds. The van der Waals surface area contributed by atoms with Crippen molar-refractivity contribution in [2.75, 3.05) is 18.8 Å². The SMILES string of the molecule is CC1CCC(CNCC2CCCS2(=O)=O)CC1. The summed E-state index contributed by atoms with van der Waals surface area (Å²) in [5.41, 5.74) is 0. The van der Waals surface area contributed by atoms with Crippen molar-refractivity contribution in [1.82, 2.24) is 5.32 Å². The third kappa shape index (κ3) is 3.68. The van der Waals surface area contributed by atoms with Crippen molar-refractivity contribution in [3.05, 3.63) is 0 Å². The summed E-state index contributed by atoms with van der Waals surface area (Å²) >= 11 is 0. The second kappa shape index (κ2) is 5.70. The summed E-state index contributed by atoms with van der Waals surface area (Å²) in [6, 6.07) is 0. The standard InChI is InChI=1S/C13H25NO2S/c1-11-4-6-12(7-5-11)9-14-10-13-3-2-8-17(13,15)16/h11-14H,2-10H2,1H3. The predicted molar refractivity (Wildman–Crippen MR) is 70.8 cm³/mol. The van der Waals surface area contributed by atoms with E-state index in [4.69, 9.17) is 0 Å². The van der Waals surface area contributed by atoms with Crippen LogP contribution in [0.25, 0.3) is 0 Å². The van der Waals surface area contributed by atoms with E-state index in [9.17, 15) is 8.42 Å². The third-order valence-corrected chi connectivity index (χ3v) is 6.68. The molecule has 1 saturated heterocycles. The molecule has 4 heteroatoms. The Balaban J connectivity index is 1.66. The van der Waals surface area contributed by atoms with Crippen LogP contribution in [-0.2, 0) is 9.84 Å². The van der Waals surface area contributed by atoms with Gasteiger partial charge in [0.1, 0.15) is 0 Å². The highest BCUT2D eigenvalue weighted by molar-refractivity contribution is 7.92. The van der Waals surface area contributed by atoms with Crippen molar-refractivity contribution in [2.24, 2.45) is 11.8 Å². The average molecular weight is 259 g/mol. The zero-order valence-electron chi connectivity index (χ0n) is 10.8. The highest BCUT2D eigenvalue weighted by Gasteiger charge is 2.30. The van der Waals surface area contributed by atoms with E-state index in [-0.39, 0.29) is 5.25 Å². The molecule has 1 unspecified atom stereocenters. The summed E-state index contributed by atoms with van der Waals surface area (Å²) in [7, 11) is -2.76. The highest BCUT2D eigenvalue weighted by Crippen LogP contribution is 2.27. The van der Waals surface area contributed by atoms with Gasteiger partial charge in [-0.1, -0.05) is 19.8 Å². The largest absolute Gasteiger partial charge is 0.315 e. The maximum Gasteiger partial charge on any atom is 0.154 e. The lowest BCUT2D eigenvalue weighted by Crippen LogP contribution is -2.34. The summed E-state index contributed by atoms with van der Waals surface area (Å²) in [5, 5.41) is 3.28. The van der Waals surface area contributed by atoms with Crippen molar-refractivity contribution in [3.8, 4) is 0 Å². The Morgan fingerprint density at radius 2 is 1.76 bits per heavy atom. The van der Waals surface area contributed by atoms with Crippen LogP contribution in [0.5, 0.6) is 0 Å². The Morgan fingerprint density at radius 3 is 2.35 bits per heavy atom. The molecule has 0 aromatic rings. The second-order valence-corrected chi connectivity index (χ2v) is 8.32. The van der Waals surface area contributed by atoms with E-state index >= 15 is 0 Å². The second-order valence-electron chi connectivity index (χ2n) is 5.92. The van der Waals surface area contributed by atoms with Crippen LogP contribution in [0.1, 0.15) is 45.4 Å². The van der Waals surface area contributed by atoms with E-state index < -0.39 is 9.84 Å². The quantitative estimate of drug-likeness (QED) is 0.839. The molecule has 0 aromatic carbocycles. The molecule has 0 radical (unpaired) electrons. The summed E-state index contributed by atoms with van der Waals surface area (Å²) in [4.78, 5) is 0. The summed E-state index contributed by atoms with van der Waals surface area (Å²) < 4.78 is 23.3. The zero-order valence-corrected chi connectivity index (χ0v) is 11.6. The molecule has 100 valence electrons. The van der Waals surface area contributed by atoms with Crippen molar-refractivity contribution in [3.63, 3.8) is 0 Å². The van der Waals surface area contributed by atoms with Gasteiger partial charge in [0.05, 0.1) is 11.0 Å². The molecule has 2 fully saturated rings. The number of nitrogens with one attached hydrogen (secondary N) is 1. The molecule has 3 nitrogen and oxygen atoms in total. The molecule has 2 rings (SSSR count). The first kappa shape index (κ1) is 13.3. The van der Waals surface area contributed by atoms with Crippen molar-refractivity contribution >= 4 is 9.84 Å². The van der Waals surface area contributed by atoms with E-state index in [1.54, 1.807) is 0 Å². The maximum absolute atomic E-state index is 11.6. The number of hydrogen-bond donors (Lipinski definition) is 1. The van der Waals surface area contributed by atoms with E-state index in [0.29, 0.717) is 12.3 Å². The van der Waals surface area contributed by atoms with Crippen LogP contribution in [0.15, 0.2) is 0 Å². The topological polar surface area (TPSA) is 46.2 Å². The van der Waals surface area contributed by atoms with Crippen LogP contribution in [0, 0.1) is 11.8 Å². The van der Waals surface area contributed by atoms with Gasteiger partial charge in [-0.3, -0.25) is 0 Å². The minimum atomic E-state index is -2.76.